The van der Waals surface area contributed by atoms with E-state index in [4.69, 9.17) is 9.47 Å². The number of rotatable bonds is 2. The summed E-state index contributed by atoms with van der Waals surface area (Å²) in [6, 6.07) is 3.64. The Morgan fingerprint density at radius 1 is 1.52 bits per heavy atom. The Morgan fingerprint density at radius 3 is 2.95 bits per heavy atom. The summed E-state index contributed by atoms with van der Waals surface area (Å²) in [5.74, 6) is 1.16. The normalized spacial score (nSPS) is 16.4. The molecule has 0 bridgehead atoms. The Hall–Kier alpha value is -2.02. The molecule has 1 aromatic carbocycles. The van der Waals surface area contributed by atoms with Gasteiger partial charge in [-0.3, -0.25) is 4.79 Å². The number of aromatic hydroxyl groups is 1. The molecule has 6 nitrogen and oxygen atoms in total. The lowest BCUT2D eigenvalue weighted by Crippen LogP contribution is -2.10. The Balaban J connectivity index is 2.19. The number of hydrogen-bond donors (Lipinski definition) is 2. The second kappa shape index (κ2) is 5.07. The molecule has 110 valence electrons. The van der Waals surface area contributed by atoms with Crippen LogP contribution >= 0.6 is 15.9 Å². The molecule has 0 radical (unpaired) electrons. The van der Waals surface area contributed by atoms with Crippen LogP contribution in [0.1, 0.15) is 12.5 Å². The third kappa shape index (κ3) is 2.37. The standard InChI is InChI=1S/C14H13BrN2O4/c1-6-3-7-4-10(20-2)8(5-9(7)21-6)12-16-13(18)11(15)14(19)17-12/h4-6H,3H2,1-2H3,(H2,16,17,18,19). The third-order valence-corrected chi connectivity index (χ3v) is 4.03. The number of ether oxygens (including phenoxy) is 2. The molecule has 3 rings (SSSR count). The van der Waals surface area contributed by atoms with Crippen LogP contribution in [0.25, 0.3) is 11.4 Å². The molecule has 7 heteroatoms. The largest absolute Gasteiger partial charge is 0.496 e. The molecular weight excluding hydrogens is 340 g/mol. The number of nitrogens with zero attached hydrogens (tertiary/aromatic N) is 1. The van der Waals surface area contributed by atoms with Crippen LogP contribution in [0.2, 0.25) is 0 Å². The molecule has 0 saturated heterocycles. The van der Waals surface area contributed by atoms with Crippen molar-refractivity contribution in [1.29, 1.82) is 0 Å². The first-order valence-electron chi connectivity index (χ1n) is 6.36. The Labute approximate surface area is 128 Å². The molecule has 0 saturated carbocycles. The Morgan fingerprint density at radius 2 is 2.29 bits per heavy atom. The van der Waals surface area contributed by atoms with Crippen LogP contribution in [0.3, 0.4) is 0 Å². The van der Waals surface area contributed by atoms with Crippen LogP contribution in [0.15, 0.2) is 21.4 Å². The lowest BCUT2D eigenvalue weighted by Gasteiger charge is -2.11. The molecule has 21 heavy (non-hydrogen) atoms. The number of aromatic amines is 1. The van der Waals surface area contributed by atoms with Crippen LogP contribution in [-0.2, 0) is 6.42 Å². The first-order valence-corrected chi connectivity index (χ1v) is 7.15. The topological polar surface area (TPSA) is 84.4 Å². The van der Waals surface area contributed by atoms with Gasteiger partial charge in [0.25, 0.3) is 5.56 Å². The van der Waals surface area contributed by atoms with E-state index in [1.165, 1.54) is 0 Å². The SMILES string of the molecule is COc1cc2c(cc1-c1nc(O)c(Br)c(=O)[nH]1)OC(C)C2. The molecule has 2 aromatic rings. The predicted octanol–water partition coefficient (Wildman–Crippen LogP) is 2.24. The van der Waals surface area contributed by atoms with Gasteiger partial charge in [-0.1, -0.05) is 0 Å². The zero-order chi connectivity index (χ0) is 15.1. The molecule has 0 spiro atoms. The number of H-pyrrole nitrogens is 1. The van der Waals surface area contributed by atoms with Gasteiger partial charge in [-0.2, -0.15) is 4.98 Å². The van der Waals surface area contributed by atoms with Crippen molar-refractivity contribution in [3.63, 3.8) is 0 Å². The lowest BCUT2D eigenvalue weighted by atomic mass is 10.1. The molecule has 1 atom stereocenters. The molecular formula is C14H13BrN2O4. The van der Waals surface area contributed by atoms with Gasteiger partial charge in [0.05, 0.1) is 12.7 Å². The summed E-state index contributed by atoms with van der Waals surface area (Å²) in [5, 5.41) is 9.69. The highest BCUT2D eigenvalue weighted by Crippen LogP contribution is 2.39. The van der Waals surface area contributed by atoms with Gasteiger partial charge in [0, 0.05) is 12.0 Å². The number of aromatic nitrogens is 2. The average Bonchev–Trinajstić information content (AvgIpc) is 2.81. The zero-order valence-corrected chi connectivity index (χ0v) is 13.0. The van der Waals surface area contributed by atoms with E-state index in [0.29, 0.717) is 11.3 Å². The van der Waals surface area contributed by atoms with E-state index in [-0.39, 0.29) is 22.3 Å². The minimum Gasteiger partial charge on any atom is -0.496 e. The average molecular weight is 353 g/mol. The molecule has 2 N–H and O–H groups in total. The molecule has 1 aromatic heterocycles. The summed E-state index contributed by atoms with van der Waals surface area (Å²) in [6.45, 7) is 1.98. The van der Waals surface area contributed by atoms with Gasteiger partial charge >= 0.3 is 0 Å². The number of benzene rings is 1. The quantitative estimate of drug-likeness (QED) is 0.865. The van der Waals surface area contributed by atoms with Crippen molar-refractivity contribution in [3.8, 4) is 28.8 Å². The van der Waals surface area contributed by atoms with Gasteiger partial charge in [0.15, 0.2) is 0 Å². The molecule has 1 aliphatic rings. The van der Waals surface area contributed by atoms with E-state index < -0.39 is 5.56 Å². The molecule has 1 aliphatic heterocycles. The van der Waals surface area contributed by atoms with Crippen LogP contribution < -0.4 is 15.0 Å². The smallest absolute Gasteiger partial charge is 0.269 e. The highest BCUT2D eigenvalue weighted by Gasteiger charge is 2.23. The van der Waals surface area contributed by atoms with Crippen LogP contribution in [0, 0.1) is 0 Å². The fraction of sp³-hybridized carbons (Fsp3) is 0.286. The molecule has 0 fully saturated rings. The monoisotopic (exact) mass is 352 g/mol. The van der Waals surface area contributed by atoms with E-state index in [2.05, 4.69) is 25.9 Å². The Kier molecular flexibility index (Phi) is 3.36. The van der Waals surface area contributed by atoms with Crippen molar-refractivity contribution in [2.45, 2.75) is 19.4 Å². The molecule has 1 unspecified atom stereocenters. The fourth-order valence-electron chi connectivity index (χ4n) is 2.37. The zero-order valence-electron chi connectivity index (χ0n) is 11.4. The maximum Gasteiger partial charge on any atom is 0.269 e. The van der Waals surface area contributed by atoms with Crippen molar-refractivity contribution in [2.75, 3.05) is 7.11 Å². The lowest BCUT2D eigenvalue weighted by molar-refractivity contribution is 0.254. The number of halogens is 1. The van der Waals surface area contributed by atoms with Crippen LogP contribution in [0.5, 0.6) is 17.4 Å². The number of methoxy groups -OCH3 is 1. The molecule has 0 amide bonds. The fourth-order valence-corrected chi connectivity index (χ4v) is 2.56. The van der Waals surface area contributed by atoms with Gasteiger partial charge in [-0.15, -0.1) is 0 Å². The van der Waals surface area contributed by atoms with Crippen molar-refractivity contribution in [2.24, 2.45) is 0 Å². The predicted molar refractivity (Wildman–Crippen MR) is 80.0 cm³/mol. The van der Waals surface area contributed by atoms with Crippen molar-refractivity contribution >= 4 is 15.9 Å². The summed E-state index contributed by atoms with van der Waals surface area (Å²) in [7, 11) is 1.54. The molecule has 0 aliphatic carbocycles. The second-order valence-corrected chi connectivity index (χ2v) is 5.64. The summed E-state index contributed by atoms with van der Waals surface area (Å²) in [4.78, 5) is 18.3. The summed E-state index contributed by atoms with van der Waals surface area (Å²) in [5.41, 5.74) is 1.14. The van der Waals surface area contributed by atoms with Crippen molar-refractivity contribution in [1.82, 2.24) is 9.97 Å². The molecule has 2 heterocycles. The first kappa shape index (κ1) is 13.9. The minimum atomic E-state index is -0.464. The maximum absolute atomic E-state index is 11.7. The van der Waals surface area contributed by atoms with Gasteiger partial charge in [-0.05, 0) is 35.0 Å². The van der Waals surface area contributed by atoms with Crippen LogP contribution in [0.4, 0.5) is 0 Å². The van der Waals surface area contributed by atoms with Crippen LogP contribution in [-0.4, -0.2) is 28.3 Å². The van der Waals surface area contributed by atoms with E-state index in [1.807, 2.05) is 13.0 Å². The number of fused-ring (bicyclic) bond motifs is 1. The summed E-state index contributed by atoms with van der Waals surface area (Å²) in [6.07, 6.45) is 0.909. The maximum atomic E-state index is 11.7. The third-order valence-electron chi connectivity index (χ3n) is 3.32. The minimum absolute atomic E-state index is 0.00347. The summed E-state index contributed by atoms with van der Waals surface area (Å²) >= 11 is 2.97. The summed E-state index contributed by atoms with van der Waals surface area (Å²) < 4.78 is 11.1. The highest BCUT2D eigenvalue weighted by atomic mass is 79.9. The van der Waals surface area contributed by atoms with Crippen molar-refractivity contribution in [3.05, 3.63) is 32.5 Å². The highest BCUT2D eigenvalue weighted by molar-refractivity contribution is 9.10. The van der Waals surface area contributed by atoms with Gasteiger partial charge in [0.1, 0.15) is 27.9 Å². The number of hydrogen-bond acceptors (Lipinski definition) is 5. The number of nitrogens with one attached hydrogen (secondary N) is 1. The van der Waals surface area contributed by atoms with Gasteiger partial charge in [0.2, 0.25) is 5.88 Å². The Bertz CT molecular complexity index is 772. The van der Waals surface area contributed by atoms with E-state index >= 15 is 0 Å². The van der Waals surface area contributed by atoms with Gasteiger partial charge in [-0.25, -0.2) is 0 Å². The van der Waals surface area contributed by atoms with E-state index in [1.54, 1.807) is 13.2 Å². The van der Waals surface area contributed by atoms with E-state index in [9.17, 15) is 9.90 Å². The van der Waals surface area contributed by atoms with E-state index in [0.717, 1.165) is 17.7 Å². The second-order valence-electron chi connectivity index (χ2n) is 4.84. The van der Waals surface area contributed by atoms with Crippen molar-refractivity contribution < 1.29 is 14.6 Å². The first-order chi connectivity index (χ1) is 9.99. The van der Waals surface area contributed by atoms with Gasteiger partial charge < -0.3 is 19.6 Å².